The Hall–Kier alpha value is -3.41. The van der Waals surface area contributed by atoms with Crippen LogP contribution in [0.3, 0.4) is 0 Å². The van der Waals surface area contributed by atoms with Gasteiger partial charge in [0.15, 0.2) is 5.82 Å². The number of nitrogens with one attached hydrogen (secondary N) is 3. The van der Waals surface area contributed by atoms with Crippen LogP contribution in [0.15, 0.2) is 60.9 Å². The lowest BCUT2D eigenvalue weighted by molar-refractivity contribution is 0.102. The molecule has 23 heavy (non-hydrogen) atoms. The molecule has 2 heterocycles. The molecule has 0 fully saturated rings. The fourth-order valence-electron chi connectivity index (χ4n) is 2.45. The van der Waals surface area contributed by atoms with Gasteiger partial charge in [-0.25, -0.2) is 4.98 Å². The lowest BCUT2D eigenvalue weighted by atomic mass is 10.2. The lowest BCUT2D eigenvalue weighted by Gasteiger charge is -2.04. The number of amides is 1. The lowest BCUT2D eigenvalue weighted by Crippen LogP contribution is -2.12. The molecule has 0 aliphatic carbocycles. The minimum atomic E-state index is -0.173. The number of benzene rings is 2. The van der Waals surface area contributed by atoms with Crippen LogP contribution in [0.5, 0.6) is 0 Å². The first-order chi connectivity index (χ1) is 11.3. The van der Waals surface area contributed by atoms with E-state index in [2.05, 4.69) is 25.5 Å². The number of carbonyl (C=O) groups is 1. The Morgan fingerprint density at radius 3 is 2.61 bits per heavy atom. The first-order valence-electron chi connectivity index (χ1n) is 7.14. The molecule has 0 atom stereocenters. The van der Waals surface area contributed by atoms with Gasteiger partial charge in [-0.1, -0.05) is 18.2 Å². The molecule has 0 saturated heterocycles. The largest absolute Gasteiger partial charge is 0.351 e. The van der Waals surface area contributed by atoms with Crippen LogP contribution in [-0.4, -0.2) is 26.1 Å². The number of hydrogen-bond acceptors (Lipinski definition) is 3. The number of aromatic amines is 2. The van der Waals surface area contributed by atoms with Crippen LogP contribution < -0.4 is 5.32 Å². The van der Waals surface area contributed by atoms with Gasteiger partial charge in [0.25, 0.3) is 5.91 Å². The highest BCUT2D eigenvalue weighted by Crippen LogP contribution is 2.19. The van der Waals surface area contributed by atoms with Crippen molar-refractivity contribution in [2.45, 2.75) is 0 Å². The van der Waals surface area contributed by atoms with Gasteiger partial charge in [0.1, 0.15) is 12.0 Å². The molecule has 1 amide bonds. The van der Waals surface area contributed by atoms with Crippen LogP contribution in [0.25, 0.3) is 22.3 Å². The van der Waals surface area contributed by atoms with Gasteiger partial charge in [-0.2, -0.15) is 5.10 Å². The smallest absolute Gasteiger partial charge is 0.272 e. The SMILES string of the molecule is O=C(Nc1ccc(-c2ncn[nH]2)cc1)c1cc2ccccc2[nH]1. The summed E-state index contributed by atoms with van der Waals surface area (Å²) in [6.07, 6.45) is 1.46. The van der Waals surface area contributed by atoms with Crippen molar-refractivity contribution in [1.29, 1.82) is 0 Å². The molecule has 6 nitrogen and oxygen atoms in total. The zero-order chi connectivity index (χ0) is 15.6. The molecule has 3 N–H and O–H groups in total. The van der Waals surface area contributed by atoms with Crippen molar-refractivity contribution < 1.29 is 4.79 Å². The van der Waals surface area contributed by atoms with Crippen molar-refractivity contribution in [2.24, 2.45) is 0 Å². The van der Waals surface area contributed by atoms with Gasteiger partial charge in [-0.15, -0.1) is 0 Å². The molecule has 0 bridgehead atoms. The van der Waals surface area contributed by atoms with E-state index >= 15 is 0 Å². The average Bonchev–Trinajstić information content (AvgIpc) is 3.25. The third-order valence-corrected chi connectivity index (χ3v) is 3.61. The molecule has 4 rings (SSSR count). The number of aromatic nitrogens is 4. The van der Waals surface area contributed by atoms with Crippen LogP contribution in [0.1, 0.15) is 10.5 Å². The highest BCUT2D eigenvalue weighted by molar-refractivity contribution is 6.05. The highest BCUT2D eigenvalue weighted by Gasteiger charge is 2.10. The normalized spacial score (nSPS) is 10.8. The molecule has 0 spiro atoms. The number of para-hydroxylation sites is 1. The van der Waals surface area contributed by atoms with E-state index in [1.165, 1.54) is 6.33 Å². The molecular weight excluding hydrogens is 290 g/mol. The molecule has 2 aromatic carbocycles. The molecular formula is C17H13N5O. The van der Waals surface area contributed by atoms with Gasteiger partial charge in [-0.05, 0) is 36.4 Å². The van der Waals surface area contributed by atoms with Crippen molar-refractivity contribution in [3.63, 3.8) is 0 Å². The Labute approximate surface area is 131 Å². The summed E-state index contributed by atoms with van der Waals surface area (Å²) in [4.78, 5) is 19.5. The summed E-state index contributed by atoms with van der Waals surface area (Å²) in [6.45, 7) is 0. The number of fused-ring (bicyclic) bond motifs is 1. The van der Waals surface area contributed by atoms with Crippen molar-refractivity contribution in [2.75, 3.05) is 5.32 Å². The summed E-state index contributed by atoms with van der Waals surface area (Å²) in [7, 11) is 0. The first kappa shape index (κ1) is 13.3. The van der Waals surface area contributed by atoms with Gasteiger partial charge in [0, 0.05) is 22.2 Å². The minimum Gasteiger partial charge on any atom is -0.351 e. The monoisotopic (exact) mass is 303 g/mol. The average molecular weight is 303 g/mol. The van der Waals surface area contributed by atoms with E-state index in [1.54, 1.807) is 0 Å². The maximum Gasteiger partial charge on any atom is 0.272 e. The number of rotatable bonds is 3. The summed E-state index contributed by atoms with van der Waals surface area (Å²) in [5.41, 5.74) is 3.10. The second-order valence-electron chi connectivity index (χ2n) is 5.14. The predicted molar refractivity (Wildman–Crippen MR) is 88.1 cm³/mol. The fraction of sp³-hybridized carbons (Fsp3) is 0. The summed E-state index contributed by atoms with van der Waals surface area (Å²) in [5, 5.41) is 10.5. The van der Waals surface area contributed by atoms with Crippen molar-refractivity contribution >= 4 is 22.5 Å². The van der Waals surface area contributed by atoms with Crippen LogP contribution >= 0.6 is 0 Å². The van der Waals surface area contributed by atoms with Crippen LogP contribution in [0.2, 0.25) is 0 Å². The maximum absolute atomic E-state index is 12.3. The number of carbonyl (C=O) groups excluding carboxylic acids is 1. The zero-order valence-corrected chi connectivity index (χ0v) is 12.1. The van der Waals surface area contributed by atoms with E-state index in [4.69, 9.17) is 0 Å². The van der Waals surface area contributed by atoms with E-state index in [1.807, 2.05) is 54.6 Å². The minimum absolute atomic E-state index is 0.173. The van der Waals surface area contributed by atoms with Gasteiger partial charge >= 0.3 is 0 Å². The fourth-order valence-corrected chi connectivity index (χ4v) is 2.45. The van der Waals surface area contributed by atoms with Crippen LogP contribution in [-0.2, 0) is 0 Å². The second-order valence-corrected chi connectivity index (χ2v) is 5.14. The molecule has 0 aliphatic rings. The molecule has 112 valence electrons. The topological polar surface area (TPSA) is 86.5 Å². The number of nitrogens with zero attached hydrogens (tertiary/aromatic N) is 2. The Balaban J connectivity index is 1.54. The second kappa shape index (κ2) is 5.42. The van der Waals surface area contributed by atoms with Crippen molar-refractivity contribution in [1.82, 2.24) is 20.2 Å². The molecule has 0 unspecified atom stereocenters. The van der Waals surface area contributed by atoms with Gasteiger partial charge in [0.2, 0.25) is 0 Å². The Morgan fingerprint density at radius 1 is 1.04 bits per heavy atom. The highest BCUT2D eigenvalue weighted by atomic mass is 16.1. The first-order valence-corrected chi connectivity index (χ1v) is 7.14. The number of anilines is 1. The molecule has 0 aliphatic heterocycles. The van der Waals surface area contributed by atoms with Crippen molar-refractivity contribution in [3.05, 3.63) is 66.6 Å². The molecule has 6 heteroatoms. The van der Waals surface area contributed by atoms with Gasteiger partial charge in [0.05, 0.1) is 0 Å². The number of hydrogen-bond donors (Lipinski definition) is 3. The third kappa shape index (κ3) is 2.57. The van der Waals surface area contributed by atoms with E-state index in [-0.39, 0.29) is 5.91 Å². The Kier molecular flexibility index (Phi) is 3.12. The molecule has 2 aromatic heterocycles. The standard InChI is InChI=1S/C17H13N5O/c23-17(15-9-12-3-1-2-4-14(12)21-15)20-13-7-5-11(6-8-13)16-18-10-19-22-16/h1-10,21H,(H,20,23)(H,18,19,22). The van der Waals surface area contributed by atoms with E-state index in [9.17, 15) is 4.79 Å². The summed E-state index contributed by atoms with van der Waals surface area (Å²) < 4.78 is 0. The summed E-state index contributed by atoms with van der Waals surface area (Å²) in [5.74, 6) is 0.520. The van der Waals surface area contributed by atoms with Gasteiger partial charge < -0.3 is 10.3 Å². The molecule has 4 aromatic rings. The third-order valence-electron chi connectivity index (χ3n) is 3.61. The summed E-state index contributed by atoms with van der Waals surface area (Å²) in [6, 6.07) is 17.0. The quantitative estimate of drug-likeness (QED) is 0.543. The molecule has 0 saturated carbocycles. The Bertz CT molecular complexity index is 921. The zero-order valence-electron chi connectivity index (χ0n) is 12.1. The summed E-state index contributed by atoms with van der Waals surface area (Å²) >= 11 is 0. The number of H-pyrrole nitrogens is 2. The van der Waals surface area contributed by atoms with E-state index < -0.39 is 0 Å². The molecule has 0 radical (unpaired) electrons. The van der Waals surface area contributed by atoms with Crippen LogP contribution in [0.4, 0.5) is 5.69 Å². The van der Waals surface area contributed by atoms with E-state index in [0.717, 1.165) is 22.2 Å². The van der Waals surface area contributed by atoms with E-state index in [0.29, 0.717) is 11.5 Å². The van der Waals surface area contributed by atoms with Crippen molar-refractivity contribution in [3.8, 4) is 11.4 Å². The Morgan fingerprint density at radius 2 is 1.87 bits per heavy atom. The maximum atomic E-state index is 12.3. The predicted octanol–water partition coefficient (Wildman–Crippen LogP) is 3.21. The van der Waals surface area contributed by atoms with Gasteiger partial charge in [-0.3, -0.25) is 9.89 Å². The van der Waals surface area contributed by atoms with Crippen LogP contribution in [0, 0.1) is 0 Å².